The van der Waals surface area contributed by atoms with Crippen molar-refractivity contribution in [2.24, 2.45) is 0 Å². The predicted octanol–water partition coefficient (Wildman–Crippen LogP) is 4.59. The molecule has 0 spiro atoms. The molecule has 1 amide bonds. The largest absolute Gasteiger partial charge is 0.355 e. The number of aryl methyl sites for hydroxylation is 1. The van der Waals surface area contributed by atoms with E-state index in [2.05, 4.69) is 10.4 Å². The third kappa shape index (κ3) is 5.15. The van der Waals surface area contributed by atoms with Gasteiger partial charge in [0, 0.05) is 11.6 Å². The van der Waals surface area contributed by atoms with Crippen molar-refractivity contribution in [3.8, 4) is 5.69 Å². The van der Waals surface area contributed by atoms with E-state index in [-0.39, 0.29) is 5.91 Å². The molecule has 3 aromatic rings. The summed E-state index contributed by atoms with van der Waals surface area (Å²) in [7, 11) is 0. The van der Waals surface area contributed by atoms with Crippen LogP contribution in [0.15, 0.2) is 59.5 Å². The Morgan fingerprint density at radius 3 is 2.52 bits per heavy atom. The van der Waals surface area contributed by atoms with Gasteiger partial charge in [0.05, 0.1) is 27.7 Å². The zero-order valence-corrected chi connectivity index (χ0v) is 17.0. The Morgan fingerprint density at radius 1 is 1.11 bits per heavy atom. The van der Waals surface area contributed by atoms with E-state index < -0.39 is 0 Å². The van der Waals surface area contributed by atoms with E-state index in [9.17, 15) is 4.79 Å². The quantitative estimate of drug-likeness (QED) is 0.591. The fourth-order valence-electron chi connectivity index (χ4n) is 2.84. The minimum Gasteiger partial charge on any atom is -0.355 e. The second kappa shape index (κ2) is 9.11. The first-order chi connectivity index (χ1) is 13.0. The van der Waals surface area contributed by atoms with E-state index in [4.69, 9.17) is 11.6 Å². The summed E-state index contributed by atoms with van der Waals surface area (Å²) >= 11 is 7.42. The number of thioether (sulfide) groups is 1. The lowest BCUT2D eigenvalue weighted by atomic mass is 10.1. The van der Waals surface area contributed by atoms with Crippen molar-refractivity contribution < 1.29 is 4.79 Å². The lowest BCUT2D eigenvalue weighted by Gasteiger charge is -2.07. The number of amides is 1. The molecule has 4 nitrogen and oxygen atoms in total. The smallest absolute Gasteiger partial charge is 0.230 e. The monoisotopic (exact) mass is 399 g/mol. The Labute approximate surface area is 168 Å². The van der Waals surface area contributed by atoms with Crippen molar-refractivity contribution in [1.82, 2.24) is 15.1 Å². The van der Waals surface area contributed by atoms with E-state index in [0.717, 1.165) is 39.0 Å². The molecule has 2 aromatic carbocycles. The van der Waals surface area contributed by atoms with Crippen LogP contribution in [-0.4, -0.2) is 28.0 Å². The van der Waals surface area contributed by atoms with Crippen molar-refractivity contribution in [2.45, 2.75) is 25.2 Å². The number of nitrogens with one attached hydrogen (secondary N) is 1. The number of para-hydroxylation sites is 1. The van der Waals surface area contributed by atoms with E-state index in [0.29, 0.717) is 12.3 Å². The molecule has 1 aromatic heterocycles. The van der Waals surface area contributed by atoms with Gasteiger partial charge in [-0.3, -0.25) is 4.79 Å². The van der Waals surface area contributed by atoms with Crippen molar-refractivity contribution in [1.29, 1.82) is 0 Å². The number of hydrogen-bond donors (Lipinski definition) is 1. The molecule has 0 radical (unpaired) electrons. The molecular weight excluding hydrogens is 378 g/mol. The van der Waals surface area contributed by atoms with Crippen LogP contribution in [0.1, 0.15) is 17.0 Å². The van der Waals surface area contributed by atoms with Crippen LogP contribution in [0, 0.1) is 13.8 Å². The van der Waals surface area contributed by atoms with Gasteiger partial charge >= 0.3 is 0 Å². The number of halogens is 1. The molecule has 140 valence electrons. The molecule has 27 heavy (non-hydrogen) atoms. The molecule has 0 saturated carbocycles. The lowest BCUT2D eigenvalue weighted by Crippen LogP contribution is -2.27. The van der Waals surface area contributed by atoms with E-state index in [1.165, 1.54) is 11.8 Å². The SMILES string of the molecule is Cc1nn(-c2ccccc2)c(C)c1SCC(=O)NCCc1ccc(Cl)cc1. The van der Waals surface area contributed by atoms with Crippen molar-refractivity contribution in [3.05, 3.63) is 76.6 Å². The van der Waals surface area contributed by atoms with Gasteiger partial charge in [-0.1, -0.05) is 41.9 Å². The molecule has 0 fully saturated rings. The van der Waals surface area contributed by atoms with Crippen LogP contribution in [-0.2, 0) is 11.2 Å². The fraction of sp³-hybridized carbons (Fsp3) is 0.238. The van der Waals surface area contributed by atoms with Crippen LogP contribution >= 0.6 is 23.4 Å². The number of carbonyl (C=O) groups excluding carboxylic acids is 1. The number of carbonyl (C=O) groups is 1. The summed E-state index contributed by atoms with van der Waals surface area (Å²) in [6.45, 7) is 4.63. The van der Waals surface area contributed by atoms with Gasteiger partial charge in [-0.15, -0.1) is 11.8 Å². The van der Waals surface area contributed by atoms with Crippen molar-refractivity contribution in [2.75, 3.05) is 12.3 Å². The van der Waals surface area contributed by atoms with Crippen molar-refractivity contribution >= 4 is 29.3 Å². The van der Waals surface area contributed by atoms with Gasteiger partial charge in [-0.05, 0) is 50.1 Å². The maximum absolute atomic E-state index is 12.2. The van der Waals surface area contributed by atoms with Gasteiger partial charge in [0.15, 0.2) is 0 Å². The zero-order chi connectivity index (χ0) is 19.2. The summed E-state index contributed by atoms with van der Waals surface area (Å²) in [5.41, 5.74) is 4.17. The molecular formula is C21H22ClN3OS. The maximum atomic E-state index is 12.2. The fourth-order valence-corrected chi connectivity index (χ4v) is 3.89. The highest BCUT2D eigenvalue weighted by Gasteiger charge is 2.14. The summed E-state index contributed by atoms with van der Waals surface area (Å²) in [6, 6.07) is 17.7. The third-order valence-corrected chi connectivity index (χ3v) is 5.76. The van der Waals surface area contributed by atoms with Gasteiger partial charge in [0.1, 0.15) is 0 Å². The minimum atomic E-state index is 0.0280. The first kappa shape index (κ1) is 19.5. The Balaban J connectivity index is 1.53. The molecule has 1 N–H and O–H groups in total. The van der Waals surface area contributed by atoms with Gasteiger partial charge in [-0.2, -0.15) is 5.10 Å². The second-order valence-corrected chi connectivity index (χ2v) is 7.68. The number of hydrogen-bond acceptors (Lipinski definition) is 3. The minimum absolute atomic E-state index is 0.0280. The summed E-state index contributed by atoms with van der Waals surface area (Å²) in [5.74, 6) is 0.406. The van der Waals surface area contributed by atoms with Crippen LogP contribution in [0.2, 0.25) is 5.02 Å². The number of benzene rings is 2. The summed E-state index contributed by atoms with van der Waals surface area (Å²) < 4.78 is 1.93. The van der Waals surface area contributed by atoms with Gasteiger partial charge < -0.3 is 5.32 Å². The van der Waals surface area contributed by atoms with E-state index in [1.807, 2.05) is 73.1 Å². The van der Waals surface area contributed by atoms with Crippen LogP contribution in [0.25, 0.3) is 5.69 Å². The van der Waals surface area contributed by atoms with E-state index in [1.54, 1.807) is 0 Å². The molecule has 6 heteroatoms. The molecule has 0 saturated heterocycles. The number of aromatic nitrogens is 2. The third-order valence-electron chi connectivity index (χ3n) is 4.22. The Bertz CT molecular complexity index is 907. The first-order valence-corrected chi connectivity index (χ1v) is 10.2. The molecule has 0 bridgehead atoms. The molecule has 1 heterocycles. The molecule has 0 aliphatic heterocycles. The predicted molar refractivity (Wildman–Crippen MR) is 112 cm³/mol. The standard InChI is InChI=1S/C21H22ClN3OS/c1-15-21(16(2)25(24-15)19-6-4-3-5-7-19)27-14-20(26)23-13-12-17-8-10-18(22)11-9-17/h3-11H,12-14H2,1-2H3,(H,23,26). The highest BCUT2D eigenvalue weighted by Crippen LogP contribution is 2.27. The highest BCUT2D eigenvalue weighted by molar-refractivity contribution is 8.00. The lowest BCUT2D eigenvalue weighted by molar-refractivity contribution is -0.118. The van der Waals surface area contributed by atoms with Crippen LogP contribution in [0.3, 0.4) is 0 Å². The molecule has 3 rings (SSSR count). The van der Waals surface area contributed by atoms with Gasteiger partial charge in [-0.25, -0.2) is 4.68 Å². The van der Waals surface area contributed by atoms with E-state index >= 15 is 0 Å². The van der Waals surface area contributed by atoms with Crippen LogP contribution in [0.5, 0.6) is 0 Å². The molecule has 0 unspecified atom stereocenters. The topological polar surface area (TPSA) is 46.9 Å². The second-order valence-electron chi connectivity index (χ2n) is 6.26. The highest BCUT2D eigenvalue weighted by atomic mass is 35.5. The first-order valence-electron chi connectivity index (χ1n) is 8.80. The average Bonchev–Trinajstić information content (AvgIpc) is 2.96. The Hall–Kier alpha value is -2.24. The summed E-state index contributed by atoms with van der Waals surface area (Å²) in [6.07, 6.45) is 0.789. The van der Waals surface area contributed by atoms with Gasteiger partial charge in [0.2, 0.25) is 5.91 Å². The van der Waals surface area contributed by atoms with Crippen molar-refractivity contribution in [3.63, 3.8) is 0 Å². The zero-order valence-electron chi connectivity index (χ0n) is 15.4. The summed E-state index contributed by atoms with van der Waals surface area (Å²) in [5, 5.41) is 8.32. The van der Waals surface area contributed by atoms with Crippen LogP contribution in [0.4, 0.5) is 0 Å². The number of nitrogens with zero attached hydrogens (tertiary/aromatic N) is 2. The molecule has 0 atom stereocenters. The maximum Gasteiger partial charge on any atom is 0.230 e. The number of rotatable bonds is 7. The summed E-state index contributed by atoms with van der Waals surface area (Å²) in [4.78, 5) is 13.2. The van der Waals surface area contributed by atoms with Crippen LogP contribution < -0.4 is 5.32 Å². The Morgan fingerprint density at radius 2 is 1.81 bits per heavy atom. The normalized spacial score (nSPS) is 10.8. The molecule has 0 aliphatic rings. The molecule has 0 aliphatic carbocycles. The Kier molecular flexibility index (Phi) is 6.58. The average molecular weight is 400 g/mol. The van der Waals surface area contributed by atoms with Gasteiger partial charge in [0.25, 0.3) is 0 Å².